The number of nitro benzene ring substituents is 1. The van der Waals surface area contributed by atoms with Crippen molar-refractivity contribution < 1.29 is 9.72 Å². The minimum absolute atomic E-state index is 0.111. The smallest absolute Gasteiger partial charge is 0.287 e. The Labute approximate surface area is 123 Å². The molecule has 0 spiro atoms. The summed E-state index contributed by atoms with van der Waals surface area (Å²) in [5.41, 5.74) is 0.261. The lowest BCUT2D eigenvalue weighted by molar-refractivity contribution is -0.384. The van der Waals surface area contributed by atoms with Crippen molar-refractivity contribution in [2.45, 2.75) is 0 Å². The normalized spacial score (nSPS) is 10.1. The monoisotopic (exact) mass is 311 g/mol. The van der Waals surface area contributed by atoms with Crippen LogP contribution < -0.4 is 5.32 Å². The molecule has 0 bridgehead atoms. The Balaban J connectivity index is 2.24. The van der Waals surface area contributed by atoms with Crippen molar-refractivity contribution in [2.24, 2.45) is 0 Å². The predicted molar refractivity (Wildman–Crippen MR) is 75.3 cm³/mol. The average Bonchev–Trinajstić information content (AvgIpc) is 2.40. The highest BCUT2D eigenvalue weighted by molar-refractivity contribution is 6.34. The topological polar surface area (TPSA) is 85.1 Å². The van der Waals surface area contributed by atoms with Crippen LogP contribution in [-0.4, -0.2) is 15.8 Å². The molecule has 1 N–H and O–H groups in total. The molecule has 1 amide bonds. The quantitative estimate of drug-likeness (QED) is 0.693. The Bertz CT molecular complexity index is 691. The van der Waals surface area contributed by atoms with E-state index in [9.17, 15) is 14.9 Å². The van der Waals surface area contributed by atoms with Crippen LogP contribution >= 0.6 is 23.2 Å². The zero-order chi connectivity index (χ0) is 14.7. The molecule has 0 aliphatic heterocycles. The third kappa shape index (κ3) is 3.04. The molecule has 0 fully saturated rings. The molecule has 0 unspecified atom stereocenters. The number of carbonyl (C=O) groups is 1. The van der Waals surface area contributed by atoms with Crippen molar-refractivity contribution in [3.05, 3.63) is 62.4 Å². The zero-order valence-corrected chi connectivity index (χ0v) is 11.4. The molecule has 0 radical (unpaired) electrons. The van der Waals surface area contributed by atoms with Crippen LogP contribution in [0.2, 0.25) is 10.0 Å². The molecule has 8 heteroatoms. The Kier molecular flexibility index (Phi) is 4.16. The van der Waals surface area contributed by atoms with Crippen LogP contribution in [0, 0.1) is 10.1 Å². The molecule has 1 aromatic heterocycles. The van der Waals surface area contributed by atoms with Crippen molar-refractivity contribution in [3.8, 4) is 0 Å². The number of anilines is 1. The SMILES string of the molecule is O=C(Nc1cnccc1Cl)c1ccc([N+](=O)[O-])c(Cl)c1. The molecular formula is C12H7Cl2N3O3. The number of hydrogen-bond acceptors (Lipinski definition) is 4. The molecule has 0 saturated carbocycles. The minimum Gasteiger partial charge on any atom is -0.319 e. The van der Waals surface area contributed by atoms with Gasteiger partial charge in [-0.25, -0.2) is 0 Å². The van der Waals surface area contributed by atoms with E-state index in [2.05, 4.69) is 10.3 Å². The van der Waals surface area contributed by atoms with E-state index in [-0.39, 0.29) is 16.3 Å². The van der Waals surface area contributed by atoms with Crippen LogP contribution in [0.25, 0.3) is 0 Å². The second-order valence-electron chi connectivity index (χ2n) is 3.73. The van der Waals surface area contributed by atoms with Gasteiger partial charge in [0.2, 0.25) is 0 Å². The maximum atomic E-state index is 12.0. The number of halogens is 2. The molecule has 0 saturated heterocycles. The molecule has 6 nitrogen and oxygen atoms in total. The second kappa shape index (κ2) is 5.85. The Morgan fingerprint density at radius 1 is 1.25 bits per heavy atom. The van der Waals surface area contributed by atoms with Crippen molar-refractivity contribution >= 4 is 40.5 Å². The number of rotatable bonds is 3. The maximum absolute atomic E-state index is 12.0. The molecular weight excluding hydrogens is 305 g/mol. The van der Waals surface area contributed by atoms with Gasteiger partial charge in [-0.3, -0.25) is 19.9 Å². The van der Waals surface area contributed by atoms with Crippen LogP contribution in [0.15, 0.2) is 36.7 Å². The third-order valence-electron chi connectivity index (χ3n) is 2.42. The highest BCUT2D eigenvalue weighted by atomic mass is 35.5. The molecule has 0 aliphatic rings. The summed E-state index contributed by atoms with van der Waals surface area (Å²) in [5, 5.41) is 13.4. The van der Waals surface area contributed by atoms with Crippen LogP contribution in [0.4, 0.5) is 11.4 Å². The summed E-state index contributed by atoms with van der Waals surface area (Å²) >= 11 is 11.6. The summed E-state index contributed by atoms with van der Waals surface area (Å²) < 4.78 is 0. The van der Waals surface area contributed by atoms with Gasteiger partial charge < -0.3 is 5.32 Å². The van der Waals surface area contributed by atoms with Gasteiger partial charge in [0.1, 0.15) is 5.02 Å². The first-order valence-electron chi connectivity index (χ1n) is 5.34. The molecule has 0 atom stereocenters. The maximum Gasteiger partial charge on any atom is 0.287 e. The van der Waals surface area contributed by atoms with E-state index in [1.165, 1.54) is 36.7 Å². The highest BCUT2D eigenvalue weighted by Gasteiger charge is 2.15. The van der Waals surface area contributed by atoms with Crippen molar-refractivity contribution in [1.82, 2.24) is 4.98 Å². The van der Waals surface area contributed by atoms with Gasteiger partial charge in [0.15, 0.2) is 0 Å². The van der Waals surface area contributed by atoms with E-state index < -0.39 is 10.8 Å². The fourth-order valence-electron chi connectivity index (χ4n) is 1.46. The number of carbonyl (C=O) groups excluding carboxylic acids is 1. The first kappa shape index (κ1) is 14.2. The van der Waals surface area contributed by atoms with Crippen LogP contribution in [0.5, 0.6) is 0 Å². The highest BCUT2D eigenvalue weighted by Crippen LogP contribution is 2.26. The van der Waals surface area contributed by atoms with Crippen LogP contribution in [0.3, 0.4) is 0 Å². The lowest BCUT2D eigenvalue weighted by atomic mass is 10.2. The van der Waals surface area contributed by atoms with E-state index in [1.54, 1.807) is 0 Å². The number of nitrogens with one attached hydrogen (secondary N) is 1. The van der Waals surface area contributed by atoms with E-state index in [0.717, 1.165) is 0 Å². The lowest BCUT2D eigenvalue weighted by Crippen LogP contribution is -2.12. The average molecular weight is 312 g/mol. The van der Waals surface area contributed by atoms with Crippen LogP contribution in [-0.2, 0) is 0 Å². The van der Waals surface area contributed by atoms with Gasteiger partial charge in [0, 0.05) is 17.8 Å². The van der Waals surface area contributed by atoms with Gasteiger partial charge in [0.05, 0.1) is 21.8 Å². The van der Waals surface area contributed by atoms with E-state index >= 15 is 0 Å². The Hall–Kier alpha value is -2.18. The van der Waals surface area contributed by atoms with Gasteiger partial charge in [-0.1, -0.05) is 23.2 Å². The van der Waals surface area contributed by atoms with Gasteiger partial charge in [0.25, 0.3) is 11.6 Å². The molecule has 1 aromatic carbocycles. The summed E-state index contributed by atoms with van der Waals surface area (Å²) in [7, 11) is 0. The number of aromatic nitrogens is 1. The second-order valence-corrected chi connectivity index (χ2v) is 4.55. The first-order chi connectivity index (χ1) is 9.49. The molecule has 0 aliphatic carbocycles. The molecule has 1 heterocycles. The lowest BCUT2D eigenvalue weighted by Gasteiger charge is -2.06. The number of amides is 1. The van der Waals surface area contributed by atoms with Gasteiger partial charge >= 0.3 is 0 Å². The summed E-state index contributed by atoms with van der Waals surface area (Å²) in [6.45, 7) is 0. The van der Waals surface area contributed by atoms with Crippen molar-refractivity contribution in [3.63, 3.8) is 0 Å². The molecule has 2 rings (SSSR count). The third-order valence-corrected chi connectivity index (χ3v) is 3.05. The number of nitro groups is 1. The predicted octanol–water partition coefficient (Wildman–Crippen LogP) is 3.55. The van der Waals surface area contributed by atoms with Crippen LogP contribution in [0.1, 0.15) is 10.4 Å². The summed E-state index contributed by atoms with van der Waals surface area (Å²) in [6.07, 6.45) is 2.88. The van der Waals surface area contributed by atoms with E-state index in [0.29, 0.717) is 10.7 Å². The molecule has 20 heavy (non-hydrogen) atoms. The first-order valence-corrected chi connectivity index (χ1v) is 6.09. The summed E-state index contributed by atoms with van der Waals surface area (Å²) in [4.78, 5) is 25.8. The number of benzene rings is 1. The Morgan fingerprint density at radius 3 is 2.60 bits per heavy atom. The standard InChI is InChI=1S/C12H7Cl2N3O3/c13-8-3-4-15-6-10(8)16-12(18)7-1-2-11(17(19)20)9(14)5-7/h1-6H,(H,16,18). The van der Waals surface area contributed by atoms with Gasteiger partial charge in [-0.05, 0) is 18.2 Å². The van der Waals surface area contributed by atoms with Crippen molar-refractivity contribution in [1.29, 1.82) is 0 Å². The summed E-state index contributed by atoms with van der Waals surface area (Å²) in [6, 6.07) is 5.23. The fourth-order valence-corrected chi connectivity index (χ4v) is 1.86. The van der Waals surface area contributed by atoms with Gasteiger partial charge in [-0.15, -0.1) is 0 Å². The largest absolute Gasteiger partial charge is 0.319 e. The fraction of sp³-hybridized carbons (Fsp3) is 0. The number of hydrogen-bond donors (Lipinski definition) is 1. The minimum atomic E-state index is -0.623. The Morgan fingerprint density at radius 2 is 2.00 bits per heavy atom. The zero-order valence-electron chi connectivity index (χ0n) is 9.84. The number of nitrogens with zero attached hydrogens (tertiary/aromatic N) is 2. The van der Waals surface area contributed by atoms with Crippen molar-refractivity contribution in [2.75, 3.05) is 5.32 Å². The summed E-state index contributed by atoms with van der Waals surface area (Å²) in [5.74, 6) is -0.489. The van der Waals surface area contributed by atoms with E-state index in [1.807, 2.05) is 0 Å². The van der Waals surface area contributed by atoms with Gasteiger partial charge in [-0.2, -0.15) is 0 Å². The van der Waals surface area contributed by atoms with E-state index in [4.69, 9.17) is 23.2 Å². The molecule has 102 valence electrons. The molecule has 2 aromatic rings. The number of pyridine rings is 1.